The maximum absolute atomic E-state index is 12.5. The van der Waals surface area contributed by atoms with Crippen molar-refractivity contribution >= 4 is 17.5 Å². The van der Waals surface area contributed by atoms with E-state index in [1.165, 1.54) is 5.01 Å². The van der Waals surface area contributed by atoms with Crippen LogP contribution in [0.4, 0.5) is 5.69 Å². The van der Waals surface area contributed by atoms with Crippen LogP contribution in [0.2, 0.25) is 0 Å². The molecule has 0 saturated carbocycles. The van der Waals surface area contributed by atoms with E-state index >= 15 is 0 Å². The third-order valence-corrected chi connectivity index (χ3v) is 3.98. The Balaban J connectivity index is 1.94. The zero-order chi connectivity index (χ0) is 18.7. The summed E-state index contributed by atoms with van der Waals surface area (Å²) >= 11 is 0. The van der Waals surface area contributed by atoms with Crippen LogP contribution in [0.3, 0.4) is 0 Å². The standard InChI is InChI=1S/C18H20N4O4/c1-25-13-7-12(8-14(9-13)26-2)10-21-16-6-4-3-5-15(16)18(24)22(20-21)11-17(19)23/h3-9,20H,10-11H2,1-2H3,(H2,19,23). The molecule has 0 spiro atoms. The molecule has 3 N–H and O–H groups in total. The Morgan fingerprint density at radius 2 is 1.73 bits per heavy atom. The van der Waals surface area contributed by atoms with Crippen LogP contribution in [0.1, 0.15) is 15.9 Å². The van der Waals surface area contributed by atoms with E-state index in [0.29, 0.717) is 29.3 Å². The molecule has 26 heavy (non-hydrogen) atoms. The van der Waals surface area contributed by atoms with Gasteiger partial charge in [-0.05, 0) is 29.8 Å². The molecule has 136 valence electrons. The lowest BCUT2D eigenvalue weighted by Gasteiger charge is -2.38. The van der Waals surface area contributed by atoms with Gasteiger partial charge in [0.2, 0.25) is 5.91 Å². The molecule has 0 aliphatic carbocycles. The number of ether oxygens (including phenoxy) is 2. The first-order valence-corrected chi connectivity index (χ1v) is 7.97. The summed E-state index contributed by atoms with van der Waals surface area (Å²) in [7, 11) is 3.17. The van der Waals surface area contributed by atoms with Gasteiger partial charge in [-0.1, -0.05) is 12.1 Å². The number of carbonyl (C=O) groups is 2. The van der Waals surface area contributed by atoms with Crippen molar-refractivity contribution in [2.45, 2.75) is 6.54 Å². The number of carbonyl (C=O) groups excluding carboxylic acids is 2. The Morgan fingerprint density at radius 1 is 1.08 bits per heavy atom. The van der Waals surface area contributed by atoms with Gasteiger partial charge in [0.05, 0.1) is 32.0 Å². The SMILES string of the molecule is COc1cc(CN2NN(CC(N)=O)C(=O)c3ccccc32)cc(OC)c1. The molecule has 1 aliphatic rings. The van der Waals surface area contributed by atoms with Crippen molar-refractivity contribution in [1.29, 1.82) is 0 Å². The number of methoxy groups -OCH3 is 2. The quantitative estimate of drug-likeness (QED) is 0.804. The first-order valence-electron chi connectivity index (χ1n) is 7.97. The van der Waals surface area contributed by atoms with Crippen molar-refractivity contribution in [3.8, 4) is 11.5 Å². The number of nitrogens with zero attached hydrogens (tertiary/aromatic N) is 2. The monoisotopic (exact) mass is 356 g/mol. The van der Waals surface area contributed by atoms with Crippen molar-refractivity contribution < 1.29 is 19.1 Å². The van der Waals surface area contributed by atoms with Gasteiger partial charge in [0.15, 0.2) is 0 Å². The number of para-hydroxylation sites is 1. The highest BCUT2D eigenvalue weighted by molar-refractivity contribution is 6.02. The molecular weight excluding hydrogens is 336 g/mol. The molecule has 8 nitrogen and oxygen atoms in total. The molecule has 2 aromatic rings. The molecule has 0 unspecified atom stereocenters. The third-order valence-electron chi connectivity index (χ3n) is 3.98. The average Bonchev–Trinajstić information content (AvgIpc) is 2.64. The lowest BCUT2D eigenvalue weighted by Crippen LogP contribution is -2.58. The number of rotatable bonds is 6. The minimum atomic E-state index is -0.603. The predicted molar refractivity (Wildman–Crippen MR) is 95.5 cm³/mol. The Bertz CT molecular complexity index is 817. The highest BCUT2D eigenvalue weighted by Gasteiger charge is 2.29. The maximum Gasteiger partial charge on any atom is 0.272 e. The van der Waals surface area contributed by atoms with Crippen LogP contribution >= 0.6 is 0 Å². The van der Waals surface area contributed by atoms with Crippen molar-refractivity contribution in [2.75, 3.05) is 25.8 Å². The van der Waals surface area contributed by atoms with Crippen LogP contribution in [0, 0.1) is 0 Å². The van der Waals surface area contributed by atoms with Crippen molar-refractivity contribution in [2.24, 2.45) is 5.73 Å². The second-order valence-corrected chi connectivity index (χ2v) is 5.78. The van der Waals surface area contributed by atoms with Crippen LogP contribution in [0.5, 0.6) is 11.5 Å². The summed E-state index contributed by atoms with van der Waals surface area (Å²) in [4.78, 5) is 23.8. The summed E-state index contributed by atoms with van der Waals surface area (Å²) in [6.45, 7) is 0.179. The van der Waals surface area contributed by atoms with Gasteiger partial charge in [0, 0.05) is 6.07 Å². The fraction of sp³-hybridized carbons (Fsp3) is 0.222. The van der Waals surface area contributed by atoms with Gasteiger partial charge in [-0.2, -0.15) is 0 Å². The molecule has 0 radical (unpaired) electrons. The van der Waals surface area contributed by atoms with E-state index in [1.54, 1.807) is 37.4 Å². The second kappa shape index (κ2) is 7.32. The van der Waals surface area contributed by atoms with E-state index in [1.807, 2.05) is 24.3 Å². The zero-order valence-electron chi connectivity index (χ0n) is 14.6. The Morgan fingerprint density at radius 3 is 2.35 bits per heavy atom. The number of anilines is 1. The predicted octanol–water partition coefficient (Wildman–Crippen LogP) is 1.07. The molecule has 0 atom stereocenters. The zero-order valence-corrected chi connectivity index (χ0v) is 14.6. The largest absolute Gasteiger partial charge is 0.497 e. The molecule has 0 aromatic heterocycles. The number of nitrogens with one attached hydrogen (secondary N) is 1. The van der Waals surface area contributed by atoms with E-state index in [4.69, 9.17) is 15.2 Å². The van der Waals surface area contributed by atoms with Crippen LogP contribution < -0.4 is 25.8 Å². The molecular formula is C18H20N4O4. The van der Waals surface area contributed by atoms with E-state index < -0.39 is 5.91 Å². The normalized spacial score (nSPS) is 13.4. The Labute approximate surface area is 151 Å². The molecule has 1 aliphatic heterocycles. The number of amides is 2. The highest BCUT2D eigenvalue weighted by Crippen LogP contribution is 2.28. The number of nitrogens with two attached hydrogens (primary N) is 1. The number of primary amides is 1. The number of fused-ring (bicyclic) bond motifs is 1. The molecule has 0 bridgehead atoms. The van der Waals surface area contributed by atoms with Crippen LogP contribution in [0.25, 0.3) is 0 Å². The molecule has 1 heterocycles. The Hall–Kier alpha value is -3.26. The summed E-state index contributed by atoms with van der Waals surface area (Å²) in [5.41, 5.74) is 10.3. The topological polar surface area (TPSA) is 97.1 Å². The van der Waals surface area contributed by atoms with Crippen LogP contribution in [-0.4, -0.2) is 37.6 Å². The smallest absolute Gasteiger partial charge is 0.272 e. The van der Waals surface area contributed by atoms with E-state index in [9.17, 15) is 9.59 Å². The lowest BCUT2D eigenvalue weighted by atomic mass is 10.1. The summed E-state index contributed by atoms with van der Waals surface area (Å²) in [5, 5.41) is 2.97. The number of hydrogen-bond acceptors (Lipinski definition) is 6. The van der Waals surface area contributed by atoms with Gasteiger partial charge >= 0.3 is 0 Å². The van der Waals surface area contributed by atoms with Crippen LogP contribution in [0.15, 0.2) is 42.5 Å². The molecule has 2 amide bonds. The van der Waals surface area contributed by atoms with Gasteiger partial charge in [-0.15, -0.1) is 5.53 Å². The van der Waals surface area contributed by atoms with Gasteiger partial charge < -0.3 is 15.2 Å². The first-order chi connectivity index (χ1) is 12.5. The highest BCUT2D eigenvalue weighted by atomic mass is 16.5. The minimum absolute atomic E-state index is 0.231. The molecule has 0 saturated heterocycles. The summed E-state index contributed by atoms with van der Waals surface area (Å²) < 4.78 is 10.6. The molecule has 2 aromatic carbocycles. The van der Waals surface area contributed by atoms with E-state index in [-0.39, 0.29) is 12.5 Å². The number of benzene rings is 2. The fourth-order valence-electron chi connectivity index (χ4n) is 2.80. The van der Waals surface area contributed by atoms with Crippen LogP contribution in [-0.2, 0) is 11.3 Å². The average molecular weight is 356 g/mol. The minimum Gasteiger partial charge on any atom is -0.497 e. The first kappa shape index (κ1) is 17.6. The summed E-state index contributed by atoms with van der Waals surface area (Å²) in [5.74, 6) is 0.413. The fourth-order valence-corrected chi connectivity index (χ4v) is 2.80. The van der Waals surface area contributed by atoms with E-state index in [0.717, 1.165) is 5.56 Å². The van der Waals surface area contributed by atoms with Crippen molar-refractivity contribution in [3.63, 3.8) is 0 Å². The summed E-state index contributed by atoms with van der Waals surface area (Å²) in [6.07, 6.45) is 0. The van der Waals surface area contributed by atoms with Gasteiger partial charge in [0.1, 0.15) is 18.0 Å². The maximum atomic E-state index is 12.5. The van der Waals surface area contributed by atoms with Gasteiger partial charge in [-0.3, -0.25) is 14.6 Å². The lowest BCUT2D eigenvalue weighted by molar-refractivity contribution is -0.119. The third kappa shape index (κ3) is 3.55. The molecule has 3 rings (SSSR count). The molecule has 8 heteroatoms. The van der Waals surface area contributed by atoms with Gasteiger partial charge in [0.25, 0.3) is 5.91 Å². The Kier molecular flexibility index (Phi) is 4.94. The second-order valence-electron chi connectivity index (χ2n) is 5.78. The summed E-state index contributed by atoms with van der Waals surface area (Å²) in [6, 6.07) is 12.7. The van der Waals surface area contributed by atoms with E-state index in [2.05, 4.69) is 5.53 Å². The van der Waals surface area contributed by atoms with Crippen molar-refractivity contribution in [3.05, 3.63) is 53.6 Å². The number of hydrazine groups is 2. The molecule has 0 fully saturated rings. The number of hydrogen-bond donors (Lipinski definition) is 2. The van der Waals surface area contributed by atoms with Gasteiger partial charge in [-0.25, -0.2) is 5.01 Å². The van der Waals surface area contributed by atoms with Crippen molar-refractivity contribution in [1.82, 2.24) is 10.5 Å².